The number of carboxylic acid groups (broad SMARTS) is 1. The Balaban J connectivity index is 0.00000174. The minimum atomic E-state index is -0.747. The first-order chi connectivity index (χ1) is 23.6. The zero-order valence-corrected chi connectivity index (χ0v) is 26.7. The smallest absolute Gasteiger partial charge is 0.290 e. The largest absolute Gasteiger partial charge is 0.494 e. The number of hydrogen-bond donors (Lipinski definition) is 4. The van der Waals surface area contributed by atoms with E-state index >= 15 is 0 Å². The van der Waals surface area contributed by atoms with Crippen molar-refractivity contribution in [3.05, 3.63) is 105 Å². The summed E-state index contributed by atoms with van der Waals surface area (Å²) in [6.07, 6.45) is 4.40. The van der Waals surface area contributed by atoms with Gasteiger partial charge in [-0.3, -0.25) is 24.2 Å². The fourth-order valence-electron chi connectivity index (χ4n) is 5.42. The van der Waals surface area contributed by atoms with E-state index in [2.05, 4.69) is 5.32 Å². The second-order valence-electron chi connectivity index (χ2n) is 11.0. The van der Waals surface area contributed by atoms with Gasteiger partial charge >= 0.3 is 0 Å². The number of anilines is 1. The molecule has 0 saturated carbocycles. The van der Waals surface area contributed by atoms with Crippen molar-refractivity contribution in [3.8, 4) is 34.2 Å². The van der Waals surface area contributed by atoms with Crippen LogP contribution >= 0.6 is 0 Å². The van der Waals surface area contributed by atoms with Crippen LogP contribution in [0.5, 0.6) is 5.75 Å². The van der Waals surface area contributed by atoms with E-state index in [1.807, 2.05) is 29.2 Å². The summed E-state index contributed by atoms with van der Waals surface area (Å²) < 4.78 is 36.0. The molecule has 14 heteroatoms. The average Bonchev–Trinajstić information content (AvgIpc) is 3.11. The Kier molecular flexibility index (Phi) is 12.3. The van der Waals surface area contributed by atoms with Gasteiger partial charge < -0.3 is 20.1 Å². The van der Waals surface area contributed by atoms with Gasteiger partial charge in [0.25, 0.3) is 17.9 Å². The molecule has 1 aliphatic heterocycles. The van der Waals surface area contributed by atoms with E-state index in [1.54, 1.807) is 30.7 Å². The highest BCUT2D eigenvalue weighted by atomic mass is 19.1. The summed E-state index contributed by atoms with van der Waals surface area (Å²) >= 11 is 0. The van der Waals surface area contributed by atoms with E-state index in [4.69, 9.17) is 24.8 Å². The van der Waals surface area contributed by atoms with Gasteiger partial charge in [0.05, 0.1) is 23.9 Å². The van der Waals surface area contributed by atoms with Crippen LogP contribution in [0.2, 0.25) is 0 Å². The molecule has 1 aromatic heterocycles. The Morgan fingerprint density at radius 1 is 1.08 bits per heavy atom. The first-order valence-electron chi connectivity index (χ1n) is 15.1. The monoisotopic (exact) mass is 672 g/mol. The van der Waals surface area contributed by atoms with Gasteiger partial charge in [0, 0.05) is 44.4 Å². The van der Waals surface area contributed by atoms with Crippen molar-refractivity contribution in [1.82, 2.24) is 20.3 Å². The lowest BCUT2D eigenvalue weighted by molar-refractivity contribution is -0.124. The minimum Gasteiger partial charge on any atom is -0.494 e. The third-order valence-electron chi connectivity index (χ3n) is 7.96. The van der Waals surface area contributed by atoms with E-state index in [0.717, 1.165) is 30.0 Å². The van der Waals surface area contributed by atoms with E-state index in [-0.39, 0.29) is 46.2 Å². The maximum absolute atomic E-state index is 14.7. The van der Waals surface area contributed by atoms with Crippen molar-refractivity contribution in [2.75, 3.05) is 25.1 Å². The number of aromatic nitrogens is 2. The maximum atomic E-state index is 14.7. The van der Waals surface area contributed by atoms with Crippen LogP contribution in [0.4, 0.5) is 14.7 Å². The zero-order valence-electron chi connectivity index (χ0n) is 26.7. The number of amides is 1. The molecule has 1 amide bonds. The van der Waals surface area contributed by atoms with Crippen molar-refractivity contribution in [3.63, 3.8) is 0 Å². The van der Waals surface area contributed by atoms with Gasteiger partial charge in [0.1, 0.15) is 11.9 Å². The summed E-state index contributed by atoms with van der Waals surface area (Å²) in [5, 5.41) is 28.3. The first kappa shape index (κ1) is 35.9. The minimum absolute atomic E-state index is 0.0199. The molecule has 4 aromatic rings. The number of ether oxygens (including phenoxy) is 1. The Morgan fingerprint density at radius 2 is 1.73 bits per heavy atom. The highest BCUT2D eigenvalue weighted by molar-refractivity contribution is 5.90. The van der Waals surface area contributed by atoms with Gasteiger partial charge in [0.2, 0.25) is 5.95 Å². The molecule has 0 unspecified atom stereocenters. The Bertz CT molecular complexity index is 1930. The summed E-state index contributed by atoms with van der Waals surface area (Å²) in [7, 11) is 2.95. The molecule has 2 heterocycles. The van der Waals surface area contributed by atoms with Gasteiger partial charge in [-0.1, -0.05) is 36.4 Å². The number of nitriles is 1. The third-order valence-corrected chi connectivity index (χ3v) is 7.96. The Labute approximate surface area is 280 Å². The number of methoxy groups -OCH3 is 1. The molecule has 12 nitrogen and oxygen atoms in total. The third kappa shape index (κ3) is 8.72. The number of piperidine rings is 1. The molecule has 1 aliphatic rings. The van der Waals surface area contributed by atoms with Gasteiger partial charge in [0.15, 0.2) is 11.6 Å². The van der Waals surface area contributed by atoms with E-state index in [9.17, 15) is 23.6 Å². The molecule has 0 spiro atoms. The molecular weight excluding hydrogens is 638 g/mol. The quantitative estimate of drug-likeness (QED) is 0.0873. The zero-order chi connectivity index (χ0) is 35.5. The van der Waals surface area contributed by atoms with Gasteiger partial charge in [-0.2, -0.15) is 5.26 Å². The summed E-state index contributed by atoms with van der Waals surface area (Å²) in [5.74, 6) is -1.58. The van der Waals surface area contributed by atoms with Gasteiger partial charge in [-0.15, -0.1) is 0 Å². The molecule has 254 valence electrons. The predicted molar refractivity (Wildman–Crippen MR) is 178 cm³/mol. The molecule has 49 heavy (non-hydrogen) atoms. The van der Waals surface area contributed by atoms with E-state index < -0.39 is 23.1 Å². The molecule has 4 N–H and O–H groups in total. The Morgan fingerprint density at radius 3 is 2.33 bits per heavy atom. The molecule has 5 rings (SSSR count). The molecular formula is C35H34F2N6O6. The number of nitrogens with one attached hydrogen (secondary N) is 2. The van der Waals surface area contributed by atoms with Crippen LogP contribution in [0, 0.1) is 23.0 Å². The summed E-state index contributed by atoms with van der Waals surface area (Å²) in [4.78, 5) is 40.3. The lowest BCUT2D eigenvalue weighted by Gasteiger charge is -2.34. The Hall–Kier alpha value is -5.91. The van der Waals surface area contributed by atoms with Crippen molar-refractivity contribution in [1.29, 1.82) is 5.26 Å². The van der Waals surface area contributed by atoms with Crippen molar-refractivity contribution in [2.24, 2.45) is 7.05 Å². The van der Waals surface area contributed by atoms with Crippen LogP contribution in [0.25, 0.3) is 28.5 Å². The highest BCUT2D eigenvalue weighted by Gasteiger charge is 2.26. The molecule has 0 atom stereocenters. The second kappa shape index (κ2) is 16.8. The summed E-state index contributed by atoms with van der Waals surface area (Å²) in [6.45, 7) is 1.60. The van der Waals surface area contributed by atoms with Crippen LogP contribution in [0.3, 0.4) is 0 Å². The van der Waals surface area contributed by atoms with Crippen molar-refractivity contribution < 1.29 is 33.4 Å². The topological polar surface area (TPSA) is 170 Å². The normalized spacial score (nSPS) is 12.9. The molecule has 0 radical (unpaired) electrons. The second-order valence-corrected chi connectivity index (χ2v) is 11.0. The van der Waals surface area contributed by atoms with Crippen LogP contribution in [0.15, 0.2) is 71.5 Å². The average molecular weight is 673 g/mol. The van der Waals surface area contributed by atoms with E-state index in [1.165, 1.54) is 42.0 Å². The van der Waals surface area contributed by atoms with Crippen LogP contribution in [-0.2, 0) is 23.2 Å². The first-order valence-corrected chi connectivity index (χ1v) is 15.1. The molecule has 3 aromatic carbocycles. The molecule has 0 aliphatic carbocycles. The number of rotatable bonds is 9. The number of benzene rings is 3. The van der Waals surface area contributed by atoms with Crippen LogP contribution in [-0.4, -0.2) is 58.5 Å². The van der Waals surface area contributed by atoms with Crippen molar-refractivity contribution in [2.45, 2.75) is 25.4 Å². The number of carbonyl (C=O) groups is 2. The lowest BCUT2D eigenvalue weighted by Crippen LogP contribution is -2.44. The lowest BCUT2D eigenvalue weighted by atomic mass is 9.99. The van der Waals surface area contributed by atoms with E-state index in [0.29, 0.717) is 25.6 Å². The molecule has 1 fully saturated rings. The highest BCUT2D eigenvalue weighted by Crippen LogP contribution is 2.33. The summed E-state index contributed by atoms with van der Waals surface area (Å²) in [6, 6.07) is 17.9. The number of carbonyl (C=O) groups excluding carboxylic acids is 1. The van der Waals surface area contributed by atoms with Gasteiger partial charge in [-0.25, -0.2) is 19.2 Å². The van der Waals surface area contributed by atoms with Crippen molar-refractivity contribution >= 4 is 24.4 Å². The fraction of sp³-hybridized carbons (Fsp3) is 0.229. The predicted octanol–water partition coefficient (Wildman–Crippen LogP) is 4.25. The standard InChI is InChI=1S/C34H32F2N6O4.CH2O2/c1-41-33(44)31(23-10-11-29(46-2)28(36)17-23)32(24-8-9-25(19-37)27(35)18-24)39-34(41)42-15-13-26(14-16-42)38-20-22-5-3-21(4-6-22)7-12-30(43)40-45;2-1-3/h3-12,17-18,26,38,45H,13-16,20H2,1-2H3,(H,40,43);1H,(H,2,3)/b12-7+;. The van der Waals surface area contributed by atoms with Crippen LogP contribution < -0.4 is 26.0 Å². The number of halogens is 2. The SMILES string of the molecule is COc1ccc(-c2c(-c3ccc(C#N)c(F)c3)nc(N3CCC(NCc4ccc(/C=C/C(=O)NO)cc4)CC3)n(C)c2=O)cc1F.O=CO. The fourth-order valence-corrected chi connectivity index (χ4v) is 5.42. The molecule has 0 bridgehead atoms. The molecule has 1 saturated heterocycles. The maximum Gasteiger partial charge on any atom is 0.290 e. The van der Waals surface area contributed by atoms with Crippen LogP contribution in [0.1, 0.15) is 29.5 Å². The van der Waals surface area contributed by atoms with Gasteiger partial charge in [-0.05, 0) is 59.9 Å². The number of nitrogens with zero attached hydrogens (tertiary/aromatic N) is 4. The number of hydroxylamine groups is 1. The number of hydrogen-bond acceptors (Lipinski definition) is 9. The summed E-state index contributed by atoms with van der Waals surface area (Å²) in [5.41, 5.74) is 3.72.